The van der Waals surface area contributed by atoms with E-state index in [1.807, 2.05) is 0 Å². The van der Waals surface area contributed by atoms with Crippen LogP contribution in [0.3, 0.4) is 0 Å². The van der Waals surface area contributed by atoms with Crippen LogP contribution in [0.4, 0.5) is 5.69 Å². The van der Waals surface area contributed by atoms with Gasteiger partial charge in [0.25, 0.3) is 0 Å². The van der Waals surface area contributed by atoms with Gasteiger partial charge in [0, 0.05) is 27.9 Å². The third-order valence-electron chi connectivity index (χ3n) is 4.12. The lowest BCUT2D eigenvalue weighted by Crippen LogP contribution is -2.23. The first kappa shape index (κ1) is 14.5. The highest BCUT2D eigenvalue weighted by Gasteiger charge is 2.31. The molecule has 0 heterocycles. The number of anilines is 1. The normalized spacial score (nSPS) is 13.0. The lowest BCUT2D eigenvalue weighted by Gasteiger charge is -2.21. The first-order valence-corrected chi connectivity index (χ1v) is 7.45. The largest absolute Gasteiger partial charge is 0.398 e. The fourth-order valence-corrected chi connectivity index (χ4v) is 2.99. The Morgan fingerprint density at radius 1 is 0.818 bits per heavy atom. The summed E-state index contributed by atoms with van der Waals surface area (Å²) in [6, 6.07) is 10.3. The van der Waals surface area contributed by atoms with E-state index in [0.29, 0.717) is 40.9 Å². The van der Waals surface area contributed by atoms with E-state index in [1.165, 1.54) is 0 Å². The van der Waals surface area contributed by atoms with Crippen molar-refractivity contribution in [2.24, 2.45) is 5.73 Å². The van der Waals surface area contributed by atoms with Gasteiger partial charge in [0.1, 0.15) is 0 Å². The molecule has 0 atom stereocenters. The van der Waals surface area contributed by atoms with Crippen molar-refractivity contribution in [2.45, 2.75) is 19.3 Å². The molecule has 0 radical (unpaired) electrons. The van der Waals surface area contributed by atoms with Crippen molar-refractivity contribution >= 4 is 17.3 Å². The van der Waals surface area contributed by atoms with Crippen molar-refractivity contribution in [3.05, 3.63) is 64.2 Å². The molecule has 2 aromatic carbocycles. The van der Waals surface area contributed by atoms with E-state index in [4.69, 9.17) is 11.5 Å². The summed E-state index contributed by atoms with van der Waals surface area (Å²) < 4.78 is 0. The molecule has 4 nitrogen and oxygen atoms in total. The number of carbonyl (C=O) groups is 2. The van der Waals surface area contributed by atoms with Crippen molar-refractivity contribution in [2.75, 3.05) is 12.3 Å². The molecule has 1 aliphatic carbocycles. The third-order valence-corrected chi connectivity index (χ3v) is 4.12. The van der Waals surface area contributed by atoms with Gasteiger partial charge in [0.05, 0.1) is 0 Å². The molecule has 0 fully saturated rings. The maximum atomic E-state index is 12.8. The van der Waals surface area contributed by atoms with Crippen LogP contribution >= 0.6 is 0 Å². The highest BCUT2D eigenvalue weighted by molar-refractivity contribution is 6.29. The number of nitrogens with two attached hydrogens (primary N) is 2. The first-order chi connectivity index (χ1) is 10.6. The summed E-state index contributed by atoms with van der Waals surface area (Å²) in [5.74, 6) is -0.217. The van der Waals surface area contributed by atoms with Crippen LogP contribution in [0.25, 0.3) is 0 Å². The molecule has 0 aromatic heterocycles. The molecule has 3 rings (SSSR count). The van der Waals surface area contributed by atoms with E-state index in [9.17, 15) is 9.59 Å². The predicted octanol–water partition coefficient (Wildman–Crippen LogP) is 2.33. The number of rotatable bonds is 4. The van der Waals surface area contributed by atoms with Gasteiger partial charge in [0.15, 0.2) is 11.6 Å². The minimum Gasteiger partial charge on any atom is -0.398 e. The number of ketones is 2. The van der Waals surface area contributed by atoms with Gasteiger partial charge in [-0.25, -0.2) is 0 Å². The second-order valence-electron chi connectivity index (χ2n) is 5.51. The number of unbranched alkanes of at least 4 members (excludes halogenated alkanes) is 1. The van der Waals surface area contributed by atoms with Crippen LogP contribution in [0.5, 0.6) is 0 Å². The number of fused-ring (bicyclic) bond motifs is 2. The van der Waals surface area contributed by atoms with Crippen molar-refractivity contribution < 1.29 is 9.59 Å². The SMILES string of the molecule is NCCCCc1c(N)ccc2c1C(=O)c1ccccc1C2=O. The number of benzene rings is 2. The van der Waals surface area contributed by atoms with Crippen LogP contribution < -0.4 is 11.5 Å². The summed E-state index contributed by atoms with van der Waals surface area (Å²) in [5, 5.41) is 0. The van der Waals surface area contributed by atoms with E-state index < -0.39 is 0 Å². The van der Waals surface area contributed by atoms with Gasteiger partial charge >= 0.3 is 0 Å². The quantitative estimate of drug-likeness (QED) is 0.571. The summed E-state index contributed by atoms with van der Waals surface area (Å²) in [5.41, 5.74) is 14.8. The van der Waals surface area contributed by atoms with Crippen molar-refractivity contribution in [1.82, 2.24) is 0 Å². The smallest absolute Gasteiger partial charge is 0.194 e. The minimum atomic E-state index is -0.111. The molecule has 4 N–H and O–H groups in total. The monoisotopic (exact) mass is 294 g/mol. The van der Waals surface area contributed by atoms with Gasteiger partial charge in [-0.15, -0.1) is 0 Å². The molecule has 0 bridgehead atoms. The Hall–Kier alpha value is -2.46. The van der Waals surface area contributed by atoms with Crippen LogP contribution in [-0.4, -0.2) is 18.1 Å². The molecule has 0 amide bonds. The second-order valence-corrected chi connectivity index (χ2v) is 5.51. The van der Waals surface area contributed by atoms with Crippen LogP contribution in [0.2, 0.25) is 0 Å². The van der Waals surface area contributed by atoms with E-state index in [0.717, 1.165) is 18.4 Å². The molecular weight excluding hydrogens is 276 g/mol. The summed E-state index contributed by atoms with van der Waals surface area (Å²) >= 11 is 0. The maximum Gasteiger partial charge on any atom is 0.194 e. The van der Waals surface area contributed by atoms with Crippen LogP contribution in [0.1, 0.15) is 50.2 Å². The summed E-state index contributed by atoms with van der Waals surface area (Å²) in [7, 11) is 0. The summed E-state index contributed by atoms with van der Waals surface area (Å²) in [6.45, 7) is 0.602. The molecule has 0 aliphatic heterocycles. The fourth-order valence-electron chi connectivity index (χ4n) is 2.99. The number of hydrogen-bond donors (Lipinski definition) is 2. The molecule has 2 aromatic rings. The summed E-state index contributed by atoms with van der Waals surface area (Å²) in [6.07, 6.45) is 2.37. The van der Waals surface area contributed by atoms with E-state index in [-0.39, 0.29) is 11.6 Å². The standard InChI is InChI=1S/C18H18N2O2/c19-10-4-3-7-13-15(20)9-8-14-16(13)18(22)12-6-2-1-5-11(12)17(14)21/h1-2,5-6,8-9H,3-4,7,10,19-20H2. The molecule has 112 valence electrons. The Kier molecular flexibility index (Phi) is 3.77. The molecule has 0 spiro atoms. The van der Waals surface area contributed by atoms with E-state index >= 15 is 0 Å². The van der Waals surface area contributed by atoms with E-state index in [2.05, 4.69) is 0 Å². The third kappa shape index (κ3) is 2.22. The minimum absolute atomic E-state index is 0.106. The topological polar surface area (TPSA) is 86.2 Å². The average molecular weight is 294 g/mol. The van der Waals surface area contributed by atoms with Gasteiger partial charge in [-0.1, -0.05) is 24.3 Å². The molecule has 0 saturated heterocycles. The van der Waals surface area contributed by atoms with Crippen LogP contribution in [0.15, 0.2) is 36.4 Å². The first-order valence-electron chi connectivity index (χ1n) is 7.45. The second kappa shape index (κ2) is 5.73. The molecule has 0 saturated carbocycles. The highest BCUT2D eigenvalue weighted by Crippen LogP contribution is 2.32. The molecule has 4 heteroatoms. The van der Waals surface area contributed by atoms with Gasteiger partial charge in [-0.05, 0) is 43.5 Å². The van der Waals surface area contributed by atoms with Gasteiger partial charge < -0.3 is 11.5 Å². The average Bonchev–Trinajstić information content (AvgIpc) is 2.54. The van der Waals surface area contributed by atoms with Crippen LogP contribution in [0, 0.1) is 0 Å². The lowest BCUT2D eigenvalue weighted by molar-refractivity contribution is 0.0978. The number of carbonyl (C=O) groups excluding carboxylic acids is 2. The van der Waals surface area contributed by atoms with Crippen molar-refractivity contribution in [3.63, 3.8) is 0 Å². The Balaban J connectivity index is 2.14. The summed E-state index contributed by atoms with van der Waals surface area (Å²) in [4.78, 5) is 25.5. The Bertz CT molecular complexity index is 766. The number of nitrogen functional groups attached to an aromatic ring is 1. The van der Waals surface area contributed by atoms with Gasteiger partial charge in [-0.3, -0.25) is 9.59 Å². The Labute approximate surface area is 129 Å². The zero-order valence-corrected chi connectivity index (χ0v) is 12.3. The molecular formula is C18H18N2O2. The zero-order valence-electron chi connectivity index (χ0n) is 12.3. The zero-order chi connectivity index (χ0) is 15.7. The molecule has 1 aliphatic rings. The van der Waals surface area contributed by atoms with Crippen molar-refractivity contribution in [3.8, 4) is 0 Å². The van der Waals surface area contributed by atoms with Gasteiger partial charge in [0.2, 0.25) is 0 Å². The Morgan fingerprint density at radius 2 is 1.50 bits per heavy atom. The maximum absolute atomic E-state index is 12.8. The number of hydrogen-bond acceptors (Lipinski definition) is 4. The molecule has 0 unspecified atom stereocenters. The lowest BCUT2D eigenvalue weighted by atomic mass is 9.80. The van der Waals surface area contributed by atoms with Crippen LogP contribution in [-0.2, 0) is 6.42 Å². The fraction of sp³-hybridized carbons (Fsp3) is 0.222. The highest BCUT2D eigenvalue weighted by atomic mass is 16.1. The van der Waals surface area contributed by atoms with Crippen molar-refractivity contribution in [1.29, 1.82) is 0 Å². The predicted molar refractivity (Wildman–Crippen MR) is 86.2 cm³/mol. The van der Waals surface area contributed by atoms with E-state index in [1.54, 1.807) is 36.4 Å². The molecule has 22 heavy (non-hydrogen) atoms. The Morgan fingerprint density at radius 3 is 2.18 bits per heavy atom. The van der Waals surface area contributed by atoms with Gasteiger partial charge in [-0.2, -0.15) is 0 Å².